The lowest BCUT2D eigenvalue weighted by Crippen LogP contribution is -1.84. The van der Waals surface area contributed by atoms with Gasteiger partial charge in [-0.3, -0.25) is 0 Å². The van der Waals surface area contributed by atoms with E-state index in [0.29, 0.717) is 11.5 Å². The van der Waals surface area contributed by atoms with Gasteiger partial charge in [0.25, 0.3) is 0 Å². The van der Waals surface area contributed by atoms with E-state index in [1.54, 1.807) is 31.4 Å². The minimum atomic E-state index is 0.0862. The number of methoxy groups -OCH3 is 2. The number of ether oxygens (including phenoxy) is 2. The van der Waals surface area contributed by atoms with E-state index < -0.39 is 0 Å². The summed E-state index contributed by atoms with van der Waals surface area (Å²) in [5.74, 6) is 1.24. The van der Waals surface area contributed by atoms with E-state index in [9.17, 15) is 10.2 Å². The van der Waals surface area contributed by atoms with Crippen molar-refractivity contribution in [2.24, 2.45) is 0 Å². The molecular weight excluding hydrogens is 256 g/mol. The summed E-state index contributed by atoms with van der Waals surface area (Å²) >= 11 is 0. The molecule has 0 atom stereocenters. The summed E-state index contributed by atoms with van der Waals surface area (Å²) in [6, 6.07) is 10.1. The molecule has 0 aliphatic rings. The standard InChI is InChI=1S/C16H16O4/c1-19-14-8-12(7-13(17)10-14)4-3-11-5-6-16(20-2)15(18)9-11/h3-10,17-18H,1-2H3. The Morgan fingerprint density at radius 1 is 0.850 bits per heavy atom. The fraction of sp³-hybridized carbons (Fsp3) is 0.125. The Morgan fingerprint density at radius 2 is 1.60 bits per heavy atom. The van der Waals surface area contributed by atoms with Gasteiger partial charge in [-0.25, -0.2) is 0 Å². The molecule has 20 heavy (non-hydrogen) atoms. The van der Waals surface area contributed by atoms with Gasteiger partial charge >= 0.3 is 0 Å². The quantitative estimate of drug-likeness (QED) is 0.838. The van der Waals surface area contributed by atoms with Gasteiger partial charge in [-0.05, 0) is 35.4 Å². The predicted octanol–water partition coefficient (Wildman–Crippen LogP) is 3.29. The lowest BCUT2D eigenvalue weighted by atomic mass is 10.1. The fourth-order valence-electron chi connectivity index (χ4n) is 1.82. The number of hydrogen-bond acceptors (Lipinski definition) is 4. The van der Waals surface area contributed by atoms with Crippen LogP contribution in [0.4, 0.5) is 0 Å². The molecule has 0 aliphatic carbocycles. The first kappa shape index (κ1) is 13.8. The lowest BCUT2D eigenvalue weighted by molar-refractivity contribution is 0.373. The summed E-state index contributed by atoms with van der Waals surface area (Å²) in [5, 5.41) is 19.3. The van der Waals surface area contributed by atoms with Crippen LogP contribution in [0.2, 0.25) is 0 Å². The molecule has 0 aliphatic heterocycles. The summed E-state index contributed by atoms with van der Waals surface area (Å²) in [6.07, 6.45) is 3.65. The van der Waals surface area contributed by atoms with Crippen LogP contribution in [-0.4, -0.2) is 24.4 Å². The molecular formula is C16H16O4. The smallest absolute Gasteiger partial charge is 0.160 e. The summed E-state index contributed by atoms with van der Waals surface area (Å²) in [5.41, 5.74) is 1.63. The fourth-order valence-corrected chi connectivity index (χ4v) is 1.82. The van der Waals surface area contributed by atoms with Crippen LogP contribution in [-0.2, 0) is 0 Å². The third-order valence-electron chi connectivity index (χ3n) is 2.82. The van der Waals surface area contributed by atoms with Crippen molar-refractivity contribution in [3.05, 3.63) is 47.5 Å². The maximum absolute atomic E-state index is 9.70. The van der Waals surface area contributed by atoms with Gasteiger partial charge < -0.3 is 19.7 Å². The van der Waals surface area contributed by atoms with Gasteiger partial charge in [-0.1, -0.05) is 18.2 Å². The topological polar surface area (TPSA) is 58.9 Å². The van der Waals surface area contributed by atoms with Crippen molar-refractivity contribution < 1.29 is 19.7 Å². The molecule has 0 amide bonds. The molecule has 0 fully saturated rings. The Hall–Kier alpha value is -2.62. The van der Waals surface area contributed by atoms with Crippen LogP contribution in [0, 0.1) is 0 Å². The molecule has 2 N–H and O–H groups in total. The molecule has 0 heterocycles. The van der Waals surface area contributed by atoms with Crippen molar-refractivity contribution >= 4 is 12.2 Å². The lowest BCUT2D eigenvalue weighted by Gasteiger charge is -2.04. The highest BCUT2D eigenvalue weighted by Gasteiger charge is 2.01. The first-order valence-corrected chi connectivity index (χ1v) is 6.05. The zero-order valence-electron chi connectivity index (χ0n) is 11.3. The van der Waals surface area contributed by atoms with E-state index in [4.69, 9.17) is 9.47 Å². The maximum atomic E-state index is 9.70. The molecule has 2 aromatic carbocycles. The van der Waals surface area contributed by atoms with E-state index in [-0.39, 0.29) is 11.5 Å². The van der Waals surface area contributed by atoms with Crippen LogP contribution < -0.4 is 9.47 Å². The van der Waals surface area contributed by atoms with Crippen LogP contribution in [0.1, 0.15) is 11.1 Å². The highest BCUT2D eigenvalue weighted by molar-refractivity contribution is 5.72. The van der Waals surface area contributed by atoms with Crippen molar-refractivity contribution in [1.29, 1.82) is 0 Å². The molecule has 0 aromatic heterocycles. The van der Waals surface area contributed by atoms with Gasteiger partial charge in [0.05, 0.1) is 14.2 Å². The van der Waals surface area contributed by atoms with E-state index in [1.807, 2.05) is 18.2 Å². The summed E-state index contributed by atoms with van der Waals surface area (Å²) in [7, 11) is 3.05. The predicted molar refractivity (Wildman–Crippen MR) is 78.2 cm³/mol. The largest absolute Gasteiger partial charge is 0.508 e. The monoisotopic (exact) mass is 272 g/mol. The first-order chi connectivity index (χ1) is 9.62. The van der Waals surface area contributed by atoms with Crippen molar-refractivity contribution in [3.8, 4) is 23.0 Å². The third-order valence-corrected chi connectivity index (χ3v) is 2.82. The number of benzene rings is 2. The number of phenolic OH excluding ortho intramolecular Hbond substituents is 2. The highest BCUT2D eigenvalue weighted by atomic mass is 16.5. The number of hydrogen-bond donors (Lipinski definition) is 2. The molecule has 2 rings (SSSR count). The number of phenols is 2. The van der Waals surface area contributed by atoms with Gasteiger partial charge in [0.1, 0.15) is 11.5 Å². The maximum Gasteiger partial charge on any atom is 0.160 e. The van der Waals surface area contributed by atoms with Gasteiger partial charge in [0, 0.05) is 6.07 Å². The summed E-state index contributed by atoms with van der Waals surface area (Å²) in [4.78, 5) is 0. The average molecular weight is 272 g/mol. The van der Waals surface area contributed by atoms with E-state index in [1.165, 1.54) is 13.2 Å². The van der Waals surface area contributed by atoms with E-state index in [2.05, 4.69) is 0 Å². The van der Waals surface area contributed by atoms with Gasteiger partial charge in [0.15, 0.2) is 11.5 Å². The second kappa shape index (κ2) is 6.02. The number of aromatic hydroxyl groups is 2. The highest BCUT2D eigenvalue weighted by Crippen LogP contribution is 2.27. The zero-order chi connectivity index (χ0) is 14.5. The normalized spacial score (nSPS) is 10.7. The van der Waals surface area contributed by atoms with Gasteiger partial charge in [-0.15, -0.1) is 0 Å². The summed E-state index contributed by atoms with van der Waals surface area (Å²) in [6.45, 7) is 0. The van der Waals surface area contributed by atoms with Crippen molar-refractivity contribution in [3.63, 3.8) is 0 Å². The Kier molecular flexibility index (Phi) is 4.15. The molecule has 0 bridgehead atoms. The molecule has 2 aromatic rings. The van der Waals surface area contributed by atoms with Crippen molar-refractivity contribution in [1.82, 2.24) is 0 Å². The van der Waals surface area contributed by atoms with E-state index in [0.717, 1.165) is 11.1 Å². The van der Waals surface area contributed by atoms with Crippen molar-refractivity contribution in [2.75, 3.05) is 14.2 Å². The Morgan fingerprint density at radius 3 is 2.25 bits per heavy atom. The first-order valence-electron chi connectivity index (χ1n) is 6.05. The minimum Gasteiger partial charge on any atom is -0.508 e. The molecule has 0 saturated carbocycles. The second-order valence-electron chi connectivity index (χ2n) is 4.23. The minimum absolute atomic E-state index is 0.0862. The van der Waals surface area contributed by atoms with Gasteiger partial charge in [-0.2, -0.15) is 0 Å². The Labute approximate surface area is 117 Å². The van der Waals surface area contributed by atoms with E-state index >= 15 is 0 Å². The molecule has 4 heteroatoms. The number of rotatable bonds is 4. The molecule has 4 nitrogen and oxygen atoms in total. The molecule has 0 radical (unpaired) electrons. The summed E-state index contributed by atoms with van der Waals surface area (Å²) < 4.78 is 10.1. The molecule has 104 valence electrons. The van der Waals surface area contributed by atoms with Gasteiger partial charge in [0.2, 0.25) is 0 Å². The molecule has 0 saturated heterocycles. The SMILES string of the molecule is COc1cc(O)cc(C=Cc2ccc(OC)c(O)c2)c1. The van der Waals surface area contributed by atoms with Crippen LogP contribution >= 0.6 is 0 Å². The molecule has 0 unspecified atom stereocenters. The Bertz CT molecular complexity index is 632. The van der Waals surface area contributed by atoms with Crippen LogP contribution in [0.3, 0.4) is 0 Å². The Balaban J connectivity index is 2.25. The third kappa shape index (κ3) is 3.23. The van der Waals surface area contributed by atoms with Crippen LogP contribution in [0.5, 0.6) is 23.0 Å². The van der Waals surface area contributed by atoms with Crippen LogP contribution in [0.25, 0.3) is 12.2 Å². The zero-order valence-corrected chi connectivity index (χ0v) is 11.3. The van der Waals surface area contributed by atoms with Crippen LogP contribution in [0.15, 0.2) is 36.4 Å². The second-order valence-corrected chi connectivity index (χ2v) is 4.23. The van der Waals surface area contributed by atoms with Crippen molar-refractivity contribution in [2.45, 2.75) is 0 Å². The molecule has 0 spiro atoms. The average Bonchev–Trinajstić information content (AvgIpc) is 2.44.